The van der Waals surface area contributed by atoms with E-state index in [1.54, 1.807) is 6.20 Å². The van der Waals surface area contributed by atoms with E-state index in [4.69, 9.17) is 0 Å². The molecule has 2 unspecified atom stereocenters. The first-order chi connectivity index (χ1) is 9.31. The molecule has 4 nitrogen and oxygen atoms in total. The number of pyridine rings is 1. The third kappa shape index (κ3) is 1.78. The van der Waals surface area contributed by atoms with Gasteiger partial charge in [0, 0.05) is 24.2 Å². The van der Waals surface area contributed by atoms with Crippen LogP contribution in [0.4, 0.5) is 0 Å². The first-order valence-corrected chi connectivity index (χ1v) is 7.03. The topological polar surface area (TPSA) is 46.4 Å². The molecule has 4 heteroatoms. The third-order valence-corrected chi connectivity index (χ3v) is 4.51. The van der Waals surface area contributed by atoms with Gasteiger partial charge in [0.05, 0.1) is 6.20 Å². The Morgan fingerprint density at radius 3 is 2.84 bits per heavy atom. The van der Waals surface area contributed by atoms with Gasteiger partial charge in [0.25, 0.3) is 0 Å². The van der Waals surface area contributed by atoms with Crippen molar-refractivity contribution in [3.63, 3.8) is 0 Å². The van der Waals surface area contributed by atoms with Crippen molar-refractivity contribution in [2.24, 2.45) is 5.92 Å². The molecule has 4 rings (SSSR count). The molecule has 19 heavy (non-hydrogen) atoms. The smallest absolute Gasteiger partial charge is 0.184 e. The van der Waals surface area contributed by atoms with Crippen molar-refractivity contribution in [1.29, 1.82) is 0 Å². The van der Waals surface area contributed by atoms with Crippen LogP contribution in [0.3, 0.4) is 0 Å². The fourth-order valence-electron chi connectivity index (χ4n) is 3.60. The fourth-order valence-corrected chi connectivity index (χ4v) is 3.60. The number of carbonyl (C=O) groups excluding carboxylic acids is 1. The zero-order valence-electron chi connectivity index (χ0n) is 10.7. The molecular weight excluding hydrogens is 238 g/mol. The number of rotatable bonds is 2. The summed E-state index contributed by atoms with van der Waals surface area (Å²) in [5.74, 6) is 0.427. The summed E-state index contributed by atoms with van der Waals surface area (Å²) in [5.41, 5.74) is 1.59. The highest BCUT2D eigenvalue weighted by Crippen LogP contribution is 2.32. The summed E-state index contributed by atoms with van der Waals surface area (Å²) in [6, 6.07) is 6.92. The molecule has 0 aromatic carbocycles. The first kappa shape index (κ1) is 11.2. The van der Waals surface area contributed by atoms with Gasteiger partial charge in [-0.15, -0.1) is 0 Å². The number of imidazole rings is 1. The molecule has 2 aromatic heterocycles. The summed E-state index contributed by atoms with van der Waals surface area (Å²) in [6.45, 7) is 0. The van der Waals surface area contributed by atoms with Gasteiger partial charge in [0.15, 0.2) is 5.78 Å². The summed E-state index contributed by atoms with van der Waals surface area (Å²) in [6.07, 6.45) is 8.06. The fraction of sp³-hybridized carbons (Fsp3) is 0.467. The van der Waals surface area contributed by atoms with Gasteiger partial charge in [-0.05, 0) is 37.8 Å². The van der Waals surface area contributed by atoms with Crippen molar-refractivity contribution in [2.75, 3.05) is 0 Å². The monoisotopic (exact) mass is 255 g/mol. The van der Waals surface area contributed by atoms with Crippen molar-refractivity contribution in [3.8, 4) is 0 Å². The predicted molar refractivity (Wildman–Crippen MR) is 72.2 cm³/mol. The molecule has 2 fully saturated rings. The maximum atomic E-state index is 12.7. The average Bonchev–Trinajstić information content (AvgIpc) is 3.01. The summed E-state index contributed by atoms with van der Waals surface area (Å²) >= 11 is 0. The highest BCUT2D eigenvalue weighted by atomic mass is 16.1. The SMILES string of the molecule is O=C(c1cnc2ccccn12)C1CC2CCC(C1)N2. The minimum atomic E-state index is 0.166. The van der Waals surface area contributed by atoms with Crippen molar-refractivity contribution in [3.05, 3.63) is 36.3 Å². The van der Waals surface area contributed by atoms with Gasteiger partial charge in [-0.1, -0.05) is 6.07 Å². The largest absolute Gasteiger partial charge is 0.311 e. The minimum Gasteiger partial charge on any atom is -0.311 e. The van der Waals surface area contributed by atoms with Crippen LogP contribution in [0.5, 0.6) is 0 Å². The lowest BCUT2D eigenvalue weighted by atomic mass is 9.87. The van der Waals surface area contributed by atoms with E-state index in [0.29, 0.717) is 12.1 Å². The van der Waals surface area contributed by atoms with Crippen LogP contribution in [0, 0.1) is 5.92 Å². The van der Waals surface area contributed by atoms with E-state index >= 15 is 0 Å². The van der Waals surface area contributed by atoms with Crippen LogP contribution < -0.4 is 5.32 Å². The van der Waals surface area contributed by atoms with E-state index in [0.717, 1.165) is 24.2 Å². The maximum absolute atomic E-state index is 12.7. The molecule has 2 atom stereocenters. The van der Waals surface area contributed by atoms with Crippen LogP contribution in [-0.2, 0) is 0 Å². The van der Waals surface area contributed by atoms with Gasteiger partial charge in [-0.2, -0.15) is 0 Å². The normalized spacial score (nSPS) is 29.8. The van der Waals surface area contributed by atoms with Crippen molar-refractivity contribution >= 4 is 11.4 Å². The van der Waals surface area contributed by atoms with Crippen molar-refractivity contribution in [2.45, 2.75) is 37.8 Å². The Morgan fingerprint density at radius 2 is 2.05 bits per heavy atom. The molecule has 0 saturated carbocycles. The molecule has 4 heterocycles. The Labute approximate surface area is 111 Å². The number of nitrogens with zero attached hydrogens (tertiary/aromatic N) is 2. The number of hydrogen-bond acceptors (Lipinski definition) is 3. The van der Waals surface area contributed by atoms with Gasteiger partial charge in [-0.3, -0.25) is 9.20 Å². The number of hydrogen-bond donors (Lipinski definition) is 1. The number of aromatic nitrogens is 2. The molecule has 0 radical (unpaired) electrons. The molecule has 2 bridgehead atoms. The number of carbonyl (C=O) groups is 1. The van der Waals surface area contributed by atoms with Gasteiger partial charge in [0.2, 0.25) is 0 Å². The van der Waals surface area contributed by atoms with E-state index in [1.165, 1.54) is 12.8 Å². The van der Waals surface area contributed by atoms with Crippen LogP contribution in [0.1, 0.15) is 36.2 Å². The third-order valence-electron chi connectivity index (χ3n) is 4.51. The molecule has 0 aliphatic carbocycles. The Bertz CT molecular complexity index is 621. The Kier molecular flexibility index (Phi) is 2.45. The van der Waals surface area contributed by atoms with Gasteiger partial charge in [0.1, 0.15) is 11.3 Å². The number of nitrogens with one attached hydrogen (secondary N) is 1. The van der Waals surface area contributed by atoms with Gasteiger partial charge >= 0.3 is 0 Å². The lowest BCUT2D eigenvalue weighted by Crippen LogP contribution is -2.40. The molecule has 2 aromatic rings. The molecule has 98 valence electrons. The first-order valence-electron chi connectivity index (χ1n) is 7.03. The maximum Gasteiger partial charge on any atom is 0.184 e. The van der Waals surface area contributed by atoms with E-state index in [-0.39, 0.29) is 11.7 Å². The van der Waals surface area contributed by atoms with E-state index < -0.39 is 0 Å². The summed E-state index contributed by atoms with van der Waals surface area (Å²) < 4.78 is 1.91. The summed E-state index contributed by atoms with van der Waals surface area (Å²) in [5, 5.41) is 3.58. The molecule has 2 saturated heterocycles. The molecule has 0 amide bonds. The van der Waals surface area contributed by atoms with Crippen molar-refractivity contribution in [1.82, 2.24) is 14.7 Å². The number of fused-ring (bicyclic) bond motifs is 3. The minimum absolute atomic E-state index is 0.166. The van der Waals surface area contributed by atoms with Gasteiger partial charge in [-0.25, -0.2) is 4.98 Å². The zero-order valence-corrected chi connectivity index (χ0v) is 10.7. The van der Waals surface area contributed by atoms with Crippen LogP contribution >= 0.6 is 0 Å². The highest BCUT2D eigenvalue weighted by molar-refractivity contribution is 5.97. The van der Waals surface area contributed by atoms with Crippen LogP contribution in [0.15, 0.2) is 30.6 Å². The second kappa shape index (κ2) is 4.17. The lowest BCUT2D eigenvalue weighted by molar-refractivity contribution is 0.0869. The lowest BCUT2D eigenvalue weighted by Gasteiger charge is -2.27. The van der Waals surface area contributed by atoms with E-state index in [9.17, 15) is 4.79 Å². The van der Waals surface area contributed by atoms with Crippen LogP contribution in [0.2, 0.25) is 0 Å². The molecule has 1 N–H and O–H groups in total. The Balaban J connectivity index is 1.67. The number of ketones is 1. The molecular formula is C15H17N3O. The molecule has 2 aliphatic rings. The van der Waals surface area contributed by atoms with E-state index in [1.807, 2.05) is 28.8 Å². The number of Topliss-reactive ketones (excluding diaryl/α,β-unsaturated/α-hetero) is 1. The Morgan fingerprint density at radius 1 is 1.26 bits per heavy atom. The average molecular weight is 255 g/mol. The molecule has 0 spiro atoms. The Hall–Kier alpha value is -1.68. The van der Waals surface area contributed by atoms with Crippen LogP contribution in [0.25, 0.3) is 5.65 Å². The highest BCUT2D eigenvalue weighted by Gasteiger charge is 2.37. The standard InChI is InChI=1S/C15H17N3O/c19-15(10-7-11-4-5-12(8-10)17-11)13-9-16-14-3-1-2-6-18(13)14/h1-3,6,9-12,17H,4-5,7-8H2. The quantitative estimate of drug-likeness (QED) is 0.835. The predicted octanol–water partition coefficient (Wildman–Crippen LogP) is 2.05. The number of piperidine rings is 1. The van der Waals surface area contributed by atoms with Crippen molar-refractivity contribution < 1.29 is 4.79 Å². The molecule has 2 aliphatic heterocycles. The van der Waals surface area contributed by atoms with E-state index in [2.05, 4.69) is 10.3 Å². The van der Waals surface area contributed by atoms with Gasteiger partial charge < -0.3 is 5.32 Å². The second-order valence-corrected chi connectivity index (χ2v) is 5.74. The zero-order chi connectivity index (χ0) is 12.8. The van der Waals surface area contributed by atoms with Crippen LogP contribution in [-0.4, -0.2) is 27.3 Å². The summed E-state index contributed by atoms with van der Waals surface area (Å²) in [4.78, 5) is 17.0. The second-order valence-electron chi connectivity index (χ2n) is 5.74. The summed E-state index contributed by atoms with van der Waals surface area (Å²) in [7, 11) is 0.